The van der Waals surface area contributed by atoms with Crippen LogP contribution >= 0.6 is 34.4 Å². The molecule has 3 aromatic heterocycles. The first-order chi connectivity index (χ1) is 11.5. The van der Waals surface area contributed by atoms with E-state index in [1.54, 1.807) is 17.5 Å². The van der Waals surface area contributed by atoms with Crippen LogP contribution in [0.25, 0.3) is 11.4 Å². The topological polar surface area (TPSA) is 72.7 Å². The summed E-state index contributed by atoms with van der Waals surface area (Å²) in [5.74, 6) is 1.02. The molecule has 0 unspecified atom stereocenters. The average molecular weight is 380 g/mol. The van der Waals surface area contributed by atoms with Gasteiger partial charge < -0.3 is 5.32 Å². The quantitative estimate of drug-likeness (QED) is 0.653. The normalized spacial score (nSPS) is 11.2. The fraction of sp³-hybridized carbons (Fsp3) is 0.333. The van der Waals surface area contributed by atoms with Crippen LogP contribution in [-0.2, 0) is 4.79 Å². The van der Waals surface area contributed by atoms with Gasteiger partial charge in [0.25, 0.3) is 0 Å². The molecule has 1 amide bonds. The maximum atomic E-state index is 12.0. The van der Waals surface area contributed by atoms with Crippen molar-refractivity contribution >= 4 is 45.5 Å². The van der Waals surface area contributed by atoms with Crippen molar-refractivity contribution in [2.75, 3.05) is 11.1 Å². The number of thiophene rings is 1. The van der Waals surface area contributed by atoms with Crippen LogP contribution in [0.5, 0.6) is 0 Å². The van der Waals surface area contributed by atoms with Crippen molar-refractivity contribution in [1.29, 1.82) is 0 Å². The molecule has 0 aromatic carbocycles. The third-order valence-corrected chi connectivity index (χ3v) is 5.67. The van der Waals surface area contributed by atoms with Crippen molar-refractivity contribution < 1.29 is 4.79 Å². The Labute approximate surface area is 152 Å². The van der Waals surface area contributed by atoms with E-state index in [2.05, 4.69) is 57.3 Å². The van der Waals surface area contributed by atoms with E-state index in [1.807, 2.05) is 5.38 Å². The number of hydrogen-bond donors (Lipinski definition) is 1. The summed E-state index contributed by atoms with van der Waals surface area (Å²) in [6.07, 6.45) is 1.66. The molecule has 0 aliphatic heterocycles. The Hall–Kier alpha value is -1.71. The molecule has 0 aliphatic rings. The number of thiazole rings is 1. The smallest absolute Gasteiger partial charge is 0.236 e. The fourth-order valence-electron chi connectivity index (χ4n) is 2.17. The number of rotatable bonds is 6. The Kier molecular flexibility index (Phi) is 5.32. The van der Waals surface area contributed by atoms with Crippen LogP contribution in [-0.4, -0.2) is 31.4 Å². The van der Waals surface area contributed by atoms with Gasteiger partial charge >= 0.3 is 0 Å². The summed E-state index contributed by atoms with van der Waals surface area (Å²) in [6, 6.07) is 2.32. The largest absolute Gasteiger partial charge is 0.301 e. The lowest BCUT2D eigenvalue weighted by Crippen LogP contribution is -2.14. The predicted octanol–water partition coefficient (Wildman–Crippen LogP) is 4.08. The molecule has 1 N–H and O–H groups in total. The molecule has 0 bridgehead atoms. The highest BCUT2D eigenvalue weighted by Crippen LogP contribution is 2.30. The standard InChI is InChI=1S/C15H17N5OS3/c1-9(2)20-13(11-6-10(3)23-7-11)18-19-15(20)24-8-12(21)17-14-16-4-5-22-14/h4-7,9H,8H2,1-3H3,(H,16,17,21). The van der Waals surface area contributed by atoms with Crippen molar-refractivity contribution in [1.82, 2.24) is 19.7 Å². The SMILES string of the molecule is Cc1cc(-c2nnc(SCC(=O)Nc3nccs3)n2C(C)C)cs1. The number of thioether (sulfide) groups is 1. The minimum absolute atomic E-state index is 0.0961. The second kappa shape index (κ2) is 7.45. The van der Waals surface area contributed by atoms with E-state index >= 15 is 0 Å². The second-order valence-electron chi connectivity index (χ2n) is 5.39. The fourth-order valence-corrected chi connectivity index (χ4v) is 4.26. The Morgan fingerprint density at radius 1 is 1.38 bits per heavy atom. The zero-order valence-corrected chi connectivity index (χ0v) is 16.0. The van der Waals surface area contributed by atoms with Crippen molar-refractivity contribution in [3.8, 4) is 11.4 Å². The minimum atomic E-state index is -0.0961. The van der Waals surface area contributed by atoms with E-state index in [9.17, 15) is 4.79 Å². The number of carbonyl (C=O) groups is 1. The van der Waals surface area contributed by atoms with Gasteiger partial charge in [0.1, 0.15) is 0 Å². The molecule has 126 valence electrons. The van der Waals surface area contributed by atoms with E-state index in [4.69, 9.17) is 0 Å². The summed E-state index contributed by atoms with van der Waals surface area (Å²) in [6.45, 7) is 6.25. The minimum Gasteiger partial charge on any atom is -0.301 e. The average Bonchev–Trinajstić information content (AvgIpc) is 3.24. The van der Waals surface area contributed by atoms with Gasteiger partial charge in [0.2, 0.25) is 5.91 Å². The second-order valence-corrected chi connectivity index (χ2v) is 8.34. The molecule has 0 atom stereocenters. The molecule has 0 saturated heterocycles. The van der Waals surface area contributed by atoms with Gasteiger partial charge in [-0.3, -0.25) is 9.36 Å². The van der Waals surface area contributed by atoms with Crippen LogP contribution in [0, 0.1) is 6.92 Å². The Morgan fingerprint density at radius 3 is 2.83 bits per heavy atom. The lowest BCUT2D eigenvalue weighted by molar-refractivity contribution is -0.113. The molecule has 24 heavy (non-hydrogen) atoms. The maximum Gasteiger partial charge on any atom is 0.236 e. The van der Waals surface area contributed by atoms with Crippen LogP contribution in [0.3, 0.4) is 0 Å². The number of hydrogen-bond acceptors (Lipinski definition) is 7. The lowest BCUT2D eigenvalue weighted by atomic mass is 10.3. The van der Waals surface area contributed by atoms with Crippen molar-refractivity contribution in [3.05, 3.63) is 27.9 Å². The van der Waals surface area contributed by atoms with Crippen molar-refractivity contribution in [2.24, 2.45) is 0 Å². The van der Waals surface area contributed by atoms with Gasteiger partial charge in [-0.2, -0.15) is 0 Å². The van der Waals surface area contributed by atoms with E-state index in [0.29, 0.717) is 5.13 Å². The van der Waals surface area contributed by atoms with Gasteiger partial charge in [-0.25, -0.2) is 4.98 Å². The van der Waals surface area contributed by atoms with Gasteiger partial charge in [0, 0.05) is 33.4 Å². The molecule has 9 heteroatoms. The monoisotopic (exact) mass is 379 g/mol. The highest BCUT2D eigenvalue weighted by molar-refractivity contribution is 7.99. The summed E-state index contributed by atoms with van der Waals surface area (Å²) < 4.78 is 2.07. The number of nitrogens with one attached hydrogen (secondary N) is 1. The van der Waals surface area contributed by atoms with Gasteiger partial charge in [0.15, 0.2) is 16.1 Å². The number of aryl methyl sites for hydroxylation is 1. The number of nitrogens with zero attached hydrogens (tertiary/aromatic N) is 4. The molecular weight excluding hydrogens is 362 g/mol. The number of anilines is 1. The zero-order valence-electron chi connectivity index (χ0n) is 13.5. The van der Waals surface area contributed by atoms with E-state index in [1.165, 1.54) is 28.0 Å². The van der Waals surface area contributed by atoms with Crippen LogP contribution in [0.15, 0.2) is 28.2 Å². The Balaban J connectivity index is 1.73. The summed E-state index contributed by atoms with van der Waals surface area (Å²) in [4.78, 5) is 17.3. The first-order valence-electron chi connectivity index (χ1n) is 7.37. The molecule has 0 spiro atoms. The molecule has 3 aromatic rings. The first-order valence-corrected chi connectivity index (χ1v) is 10.1. The Bertz CT molecular complexity index is 822. The highest BCUT2D eigenvalue weighted by atomic mass is 32.2. The maximum absolute atomic E-state index is 12.0. The molecule has 0 saturated carbocycles. The summed E-state index contributed by atoms with van der Waals surface area (Å²) in [5, 5.41) is 16.7. The van der Waals surface area contributed by atoms with E-state index < -0.39 is 0 Å². The summed E-state index contributed by atoms with van der Waals surface area (Å²) >= 11 is 4.48. The highest BCUT2D eigenvalue weighted by Gasteiger charge is 2.18. The third-order valence-electron chi connectivity index (χ3n) is 3.18. The van der Waals surface area contributed by atoms with Crippen LogP contribution in [0.1, 0.15) is 24.8 Å². The van der Waals surface area contributed by atoms with Gasteiger partial charge in [-0.1, -0.05) is 11.8 Å². The van der Waals surface area contributed by atoms with Gasteiger partial charge in [0.05, 0.1) is 5.75 Å². The number of amides is 1. The van der Waals surface area contributed by atoms with Crippen LogP contribution in [0.2, 0.25) is 0 Å². The van der Waals surface area contributed by atoms with Crippen LogP contribution in [0.4, 0.5) is 5.13 Å². The molecule has 0 radical (unpaired) electrons. The molecule has 3 heterocycles. The summed E-state index contributed by atoms with van der Waals surface area (Å²) in [7, 11) is 0. The molecule has 0 aliphatic carbocycles. The number of aromatic nitrogens is 4. The van der Waals surface area contributed by atoms with E-state index in [-0.39, 0.29) is 17.7 Å². The molecule has 3 rings (SSSR count). The third kappa shape index (κ3) is 3.85. The van der Waals surface area contributed by atoms with E-state index in [0.717, 1.165) is 16.5 Å². The summed E-state index contributed by atoms with van der Waals surface area (Å²) in [5.41, 5.74) is 1.07. The molecular formula is C15H17N5OS3. The zero-order chi connectivity index (χ0) is 17.1. The Morgan fingerprint density at radius 2 is 2.21 bits per heavy atom. The van der Waals surface area contributed by atoms with Crippen LogP contribution < -0.4 is 5.32 Å². The number of carbonyl (C=O) groups excluding carboxylic acids is 1. The lowest BCUT2D eigenvalue weighted by Gasteiger charge is -2.12. The van der Waals surface area contributed by atoms with Gasteiger partial charge in [-0.05, 0) is 26.8 Å². The molecule has 6 nitrogen and oxygen atoms in total. The first kappa shape index (κ1) is 17.1. The van der Waals surface area contributed by atoms with Crippen molar-refractivity contribution in [2.45, 2.75) is 32.0 Å². The van der Waals surface area contributed by atoms with Gasteiger partial charge in [-0.15, -0.1) is 32.9 Å². The van der Waals surface area contributed by atoms with Crippen molar-refractivity contribution in [3.63, 3.8) is 0 Å². The predicted molar refractivity (Wildman–Crippen MR) is 99.9 cm³/mol. The molecule has 0 fully saturated rings.